The topological polar surface area (TPSA) is 92.1 Å². The average Bonchev–Trinajstić information content (AvgIpc) is 2.74. The molecule has 154 valence electrons. The van der Waals surface area contributed by atoms with E-state index < -0.39 is 11.7 Å². The number of hydrogen-bond acceptors (Lipinski definition) is 5. The third-order valence-electron chi connectivity index (χ3n) is 4.41. The molecule has 0 atom stereocenters. The SMILES string of the molecule is C=CNc1cc(C(=O)NCc2ccccn2)c(Nc2ccc(Cl)cc2C)c(F)c1N. The molecule has 2 aromatic carbocycles. The number of amides is 1. The Balaban J connectivity index is 1.99. The van der Waals surface area contributed by atoms with Gasteiger partial charge in [-0.1, -0.05) is 24.2 Å². The second kappa shape index (κ2) is 9.28. The Morgan fingerprint density at radius 1 is 1.27 bits per heavy atom. The molecule has 0 aliphatic heterocycles. The monoisotopic (exact) mass is 425 g/mol. The van der Waals surface area contributed by atoms with Gasteiger partial charge in [0.05, 0.1) is 34.9 Å². The Labute approximate surface area is 179 Å². The molecule has 0 unspecified atom stereocenters. The molecular formula is C22H21ClFN5O. The molecule has 0 saturated carbocycles. The van der Waals surface area contributed by atoms with Crippen LogP contribution in [-0.4, -0.2) is 10.9 Å². The minimum absolute atomic E-state index is 0.0361. The van der Waals surface area contributed by atoms with Gasteiger partial charge in [0.2, 0.25) is 0 Å². The van der Waals surface area contributed by atoms with Gasteiger partial charge in [0.25, 0.3) is 5.91 Å². The van der Waals surface area contributed by atoms with E-state index in [1.165, 1.54) is 12.3 Å². The molecule has 0 spiro atoms. The number of nitrogens with one attached hydrogen (secondary N) is 3. The van der Waals surface area contributed by atoms with E-state index in [2.05, 4.69) is 27.5 Å². The fourth-order valence-electron chi connectivity index (χ4n) is 2.87. The first-order valence-electron chi connectivity index (χ1n) is 9.11. The van der Waals surface area contributed by atoms with Gasteiger partial charge < -0.3 is 21.7 Å². The van der Waals surface area contributed by atoms with Crippen molar-refractivity contribution in [1.82, 2.24) is 10.3 Å². The lowest BCUT2D eigenvalue weighted by Crippen LogP contribution is -2.25. The second-order valence-corrected chi connectivity index (χ2v) is 6.95. The number of aryl methyl sites for hydroxylation is 1. The number of hydrogen-bond donors (Lipinski definition) is 4. The van der Waals surface area contributed by atoms with Crippen LogP contribution >= 0.6 is 11.6 Å². The summed E-state index contributed by atoms with van der Waals surface area (Å²) in [6.07, 6.45) is 2.99. The fourth-order valence-corrected chi connectivity index (χ4v) is 3.09. The van der Waals surface area contributed by atoms with Crippen LogP contribution in [0.4, 0.5) is 27.1 Å². The second-order valence-electron chi connectivity index (χ2n) is 6.51. The van der Waals surface area contributed by atoms with Crippen molar-refractivity contribution in [2.45, 2.75) is 13.5 Å². The van der Waals surface area contributed by atoms with E-state index in [9.17, 15) is 4.79 Å². The van der Waals surface area contributed by atoms with Crippen molar-refractivity contribution in [3.63, 3.8) is 0 Å². The first kappa shape index (κ1) is 21.1. The number of anilines is 4. The van der Waals surface area contributed by atoms with E-state index >= 15 is 4.39 Å². The van der Waals surface area contributed by atoms with Gasteiger partial charge in [0.15, 0.2) is 5.82 Å². The summed E-state index contributed by atoms with van der Waals surface area (Å²) in [4.78, 5) is 17.1. The number of nitrogens with two attached hydrogens (primary N) is 1. The first-order valence-corrected chi connectivity index (χ1v) is 9.49. The maximum atomic E-state index is 15.2. The van der Waals surface area contributed by atoms with Crippen LogP contribution in [0.3, 0.4) is 0 Å². The predicted molar refractivity (Wildman–Crippen MR) is 120 cm³/mol. The molecule has 0 aliphatic carbocycles. The summed E-state index contributed by atoms with van der Waals surface area (Å²) in [5, 5.41) is 9.05. The fraction of sp³-hybridized carbons (Fsp3) is 0.0909. The number of pyridine rings is 1. The molecular weight excluding hydrogens is 405 g/mol. The summed E-state index contributed by atoms with van der Waals surface area (Å²) in [7, 11) is 0. The molecule has 0 radical (unpaired) electrons. The van der Waals surface area contributed by atoms with Gasteiger partial charge in [-0.05, 0) is 55.1 Å². The lowest BCUT2D eigenvalue weighted by molar-refractivity contribution is 0.0951. The van der Waals surface area contributed by atoms with E-state index in [-0.39, 0.29) is 29.2 Å². The van der Waals surface area contributed by atoms with E-state index in [4.69, 9.17) is 17.3 Å². The molecule has 1 amide bonds. The van der Waals surface area contributed by atoms with Crippen LogP contribution in [0.5, 0.6) is 0 Å². The van der Waals surface area contributed by atoms with Crippen molar-refractivity contribution in [2.75, 3.05) is 16.4 Å². The smallest absolute Gasteiger partial charge is 0.253 e. The van der Waals surface area contributed by atoms with Gasteiger partial charge in [-0.2, -0.15) is 0 Å². The van der Waals surface area contributed by atoms with Crippen LogP contribution in [0.15, 0.2) is 61.4 Å². The number of halogens is 2. The summed E-state index contributed by atoms with van der Waals surface area (Å²) < 4.78 is 15.2. The zero-order valence-electron chi connectivity index (χ0n) is 16.3. The lowest BCUT2D eigenvalue weighted by atomic mass is 10.1. The molecule has 0 fully saturated rings. The van der Waals surface area contributed by atoms with Gasteiger partial charge in [-0.15, -0.1) is 0 Å². The van der Waals surface area contributed by atoms with Gasteiger partial charge in [0.1, 0.15) is 0 Å². The zero-order chi connectivity index (χ0) is 21.7. The lowest BCUT2D eigenvalue weighted by Gasteiger charge is -2.18. The Kier molecular flexibility index (Phi) is 6.54. The zero-order valence-corrected chi connectivity index (χ0v) is 17.1. The molecule has 0 saturated heterocycles. The molecule has 8 heteroatoms. The molecule has 30 heavy (non-hydrogen) atoms. The Morgan fingerprint density at radius 3 is 2.73 bits per heavy atom. The summed E-state index contributed by atoms with van der Waals surface area (Å²) in [6, 6.07) is 12.0. The maximum absolute atomic E-state index is 15.2. The highest BCUT2D eigenvalue weighted by molar-refractivity contribution is 6.30. The van der Waals surface area contributed by atoms with E-state index in [0.29, 0.717) is 16.4 Å². The van der Waals surface area contributed by atoms with Gasteiger partial charge in [-0.25, -0.2) is 4.39 Å². The standard InChI is InChI=1S/C22H21ClFN5O/c1-3-26-18-11-16(22(30)28-12-15-6-4-5-9-27-15)21(19(24)20(18)25)29-17-8-7-14(23)10-13(17)2/h3-11,26,29H,1,12,25H2,2H3,(H,28,30). The average molecular weight is 426 g/mol. The molecule has 3 aromatic rings. The van der Waals surface area contributed by atoms with Crippen molar-refractivity contribution in [2.24, 2.45) is 0 Å². The number of carbonyl (C=O) groups excluding carboxylic acids is 1. The van der Waals surface area contributed by atoms with E-state index in [1.54, 1.807) is 36.5 Å². The van der Waals surface area contributed by atoms with Gasteiger partial charge in [0, 0.05) is 16.9 Å². The summed E-state index contributed by atoms with van der Waals surface area (Å²) in [5.41, 5.74) is 8.14. The highest BCUT2D eigenvalue weighted by Crippen LogP contribution is 2.35. The summed E-state index contributed by atoms with van der Waals surface area (Å²) >= 11 is 6.00. The van der Waals surface area contributed by atoms with Crippen molar-refractivity contribution >= 4 is 40.3 Å². The quantitative estimate of drug-likeness (QED) is 0.400. The third-order valence-corrected chi connectivity index (χ3v) is 4.65. The number of aromatic nitrogens is 1. The van der Waals surface area contributed by atoms with Crippen molar-refractivity contribution in [3.8, 4) is 0 Å². The highest BCUT2D eigenvalue weighted by Gasteiger charge is 2.21. The normalized spacial score (nSPS) is 10.4. The van der Waals surface area contributed by atoms with E-state index in [0.717, 1.165) is 5.56 Å². The van der Waals surface area contributed by atoms with Gasteiger partial charge in [-0.3, -0.25) is 9.78 Å². The van der Waals surface area contributed by atoms with Crippen molar-refractivity contribution < 1.29 is 9.18 Å². The van der Waals surface area contributed by atoms with Crippen LogP contribution in [0.2, 0.25) is 5.02 Å². The van der Waals surface area contributed by atoms with Crippen molar-refractivity contribution in [1.29, 1.82) is 0 Å². The molecule has 0 aliphatic rings. The minimum Gasteiger partial charge on any atom is -0.395 e. The van der Waals surface area contributed by atoms with Crippen LogP contribution in [0, 0.1) is 12.7 Å². The Bertz CT molecular complexity index is 1090. The highest BCUT2D eigenvalue weighted by atomic mass is 35.5. The summed E-state index contributed by atoms with van der Waals surface area (Å²) in [5.74, 6) is -1.24. The number of carbonyl (C=O) groups is 1. The first-order chi connectivity index (χ1) is 14.4. The molecule has 0 bridgehead atoms. The largest absolute Gasteiger partial charge is 0.395 e. The number of rotatable bonds is 7. The molecule has 5 N–H and O–H groups in total. The molecule has 3 rings (SSSR count). The minimum atomic E-state index is -0.751. The number of nitrogen functional groups attached to an aromatic ring is 1. The molecule has 1 aromatic heterocycles. The predicted octanol–water partition coefficient (Wildman–Crippen LogP) is 4.99. The Morgan fingerprint density at radius 2 is 2.07 bits per heavy atom. The molecule has 6 nitrogen and oxygen atoms in total. The van der Waals surface area contributed by atoms with Crippen LogP contribution in [0.25, 0.3) is 0 Å². The Hall–Kier alpha value is -3.58. The van der Waals surface area contributed by atoms with Crippen LogP contribution in [0.1, 0.15) is 21.6 Å². The molecule has 1 heterocycles. The van der Waals surface area contributed by atoms with Gasteiger partial charge >= 0.3 is 0 Å². The number of benzene rings is 2. The van der Waals surface area contributed by atoms with Crippen LogP contribution in [-0.2, 0) is 6.54 Å². The van der Waals surface area contributed by atoms with E-state index in [1.807, 2.05) is 13.0 Å². The summed E-state index contributed by atoms with van der Waals surface area (Å²) in [6.45, 7) is 5.57. The maximum Gasteiger partial charge on any atom is 0.253 e. The van der Waals surface area contributed by atoms with Crippen LogP contribution < -0.4 is 21.7 Å². The third kappa shape index (κ3) is 4.69. The van der Waals surface area contributed by atoms with Crippen molar-refractivity contribution in [3.05, 3.63) is 89.1 Å². The number of nitrogens with zero attached hydrogens (tertiary/aromatic N) is 1.